The zero-order valence-electron chi connectivity index (χ0n) is 11.7. The van der Waals surface area contributed by atoms with Crippen LogP contribution >= 0.6 is 0 Å². The third-order valence-corrected chi connectivity index (χ3v) is 2.91. The summed E-state index contributed by atoms with van der Waals surface area (Å²) in [6, 6.07) is 5.83. The molecule has 0 spiro atoms. The number of carbonyl (C=O) groups excluding carboxylic acids is 1. The van der Waals surface area contributed by atoms with Crippen molar-refractivity contribution in [3.05, 3.63) is 29.3 Å². The second kappa shape index (κ2) is 6.40. The predicted molar refractivity (Wildman–Crippen MR) is 75.5 cm³/mol. The van der Waals surface area contributed by atoms with Gasteiger partial charge in [0, 0.05) is 12.6 Å². The highest BCUT2D eigenvalue weighted by molar-refractivity contribution is 5.99. The molecule has 0 bridgehead atoms. The van der Waals surface area contributed by atoms with Gasteiger partial charge in [0.25, 0.3) is 5.91 Å². The molecule has 18 heavy (non-hydrogen) atoms. The van der Waals surface area contributed by atoms with Crippen LogP contribution in [-0.2, 0) is 0 Å². The van der Waals surface area contributed by atoms with Crippen molar-refractivity contribution in [2.45, 2.75) is 40.2 Å². The van der Waals surface area contributed by atoms with Gasteiger partial charge in [-0.25, -0.2) is 0 Å². The lowest BCUT2D eigenvalue weighted by molar-refractivity contribution is 0.0707. The summed E-state index contributed by atoms with van der Waals surface area (Å²) in [6.07, 6.45) is 0.946. The molecule has 0 aromatic heterocycles. The van der Waals surface area contributed by atoms with E-state index in [1.807, 2.05) is 43.9 Å². The van der Waals surface area contributed by atoms with E-state index in [0.29, 0.717) is 11.3 Å². The van der Waals surface area contributed by atoms with Crippen LogP contribution in [0.4, 0.5) is 5.69 Å². The average molecular weight is 249 g/mol. The molecule has 0 aliphatic rings. The third-order valence-electron chi connectivity index (χ3n) is 2.91. The normalized spacial score (nSPS) is 10.6. The Balaban J connectivity index is 3.08. The monoisotopic (exact) mass is 249 g/mol. The molecular weight excluding hydrogens is 226 g/mol. The summed E-state index contributed by atoms with van der Waals surface area (Å²) in [4.78, 5) is 14.4. The lowest BCUT2D eigenvalue weighted by Gasteiger charge is -2.27. The van der Waals surface area contributed by atoms with Crippen LogP contribution in [0.15, 0.2) is 18.2 Å². The van der Waals surface area contributed by atoms with Crippen LogP contribution < -0.4 is 11.3 Å². The Hall–Kier alpha value is -1.55. The maximum absolute atomic E-state index is 12.5. The number of nitrogens with two attached hydrogens (primary N) is 1. The number of carbonyl (C=O) groups is 1. The molecule has 0 saturated heterocycles. The van der Waals surface area contributed by atoms with Crippen LogP contribution in [-0.4, -0.2) is 23.4 Å². The van der Waals surface area contributed by atoms with Gasteiger partial charge in [0.15, 0.2) is 0 Å². The van der Waals surface area contributed by atoms with E-state index < -0.39 is 0 Å². The van der Waals surface area contributed by atoms with Gasteiger partial charge in [-0.05, 0) is 44.9 Å². The van der Waals surface area contributed by atoms with Gasteiger partial charge in [-0.15, -0.1) is 0 Å². The zero-order valence-corrected chi connectivity index (χ0v) is 11.7. The van der Waals surface area contributed by atoms with Gasteiger partial charge >= 0.3 is 0 Å². The summed E-state index contributed by atoms with van der Waals surface area (Å²) >= 11 is 0. The van der Waals surface area contributed by atoms with Crippen molar-refractivity contribution < 1.29 is 4.79 Å². The maximum atomic E-state index is 12.5. The lowest BCUT2D eigenvalue weighted by Crippen LogP contribution is -2.38. The quantitative estimate of drug-likeness (QED) is 0.623. The molecule has 0 saturated carbocycles. The van der Waals surface area contributed by atoms with Crippen LogP contribution in [0.3, 0.4) is 0 Å². The van der Waals surface area contributed by atoms with E-state index >= 15 is 0 Å². The minimum atomic E-state index is 0.0276. The lowest BCUT2D eigenvalue weighted by atomic mass is 10.1. The first-order valence-electron chi connectivity index (χ1n) is 6.39. The number of nitrogens with one attached hydrogen (secondary N) is 1. The van der Waals surface area contributed by atoms with Crippen LogP contribution in [0.2, 0.25) is 0 Å². The molecule has 0 aliphatic heterocycles. The van der Waals surface area contributed by atoms with E-state index in [-0.39, 0.29) is 11.9 Å². The summed E-state index contributed by atoms with van der Waals surface area (Å²) in [5, 5.41) is 0. The van der Waals surface area contributed by atoms with Crippen molar-refractivity contribution in [1.82, 2.24) is 4.90 Å². The van der Waals surface area contributed by atoms with Crippen molar-refractivity contribution in [2.75, 3.05) is 12.0 Å². The van der Waals surface area contributed by atoms with E-state index in [0.717, 1.165) is 18.5 Å². The van der Waals surface area contributed by atoms with Crippen molar-refractivity contribution in [2.24, 2.45) is 5.84 Å². The highest BCUT2D eigenvalue weighted by atomic mass is 16.2. The minimum absolute atomic E-state index is 0.0276. The maximum Gasteiger partial charge on any atom is 0.256 e. The molecule has 100 valence electrons. The van der Waals surface area contributed by atoms with Crippen molar-refractivity contribution in [3.8, 4) is 0 Å². The van der Waals surface area contributed by atoms with Gasteiger partial charge in [0.1, 0.15) is 0 Å². The van der Waals surface area contributed by atoms with E-state index in [1.54, 1.807) is 0 Å². The number of nitrogen functional groups attached to an aromatic ring is 1. The highest BCUT2D eigenvalue weighted by Gasteiger charge is 2.20. The first kappa shape index (κ1) is 14.5. The van der Waals surface area contributed by atoms with E-state index in [4.69, 9.17) is 5.84 Å². The molecular formula is C14H23N3O. The van der Waals surface area contributed by atoms with Gasteiger partial charge in [-0.1, -0.05) is 13.0 Å². The van der Waals surface area contributed by atoms with Crippen LogP contribution in [0.1, 0.15) is 43.1 Å². The Morgan fingerprint density at radius 3 is 2.61 bits per heavy atom. The number of aryl methyl sites for hydroxylation is 1. The minimum Gasteiger partial charge on any atom is -0.336 e. The second-order valence-electron chi connectivity index (χ2n) is 4.79. The van der Waals surface area contributed by atoms with Gasteiger partial charge in [0.2, 0.25) is 0 Å². The molecule has 3 N–H and O–H groups in total. The number of benzene rings is 1. The van der Waals surface area contributed by atoms with E-state index in [1.165, 1.54) is 0 Å². The number of nitrogens with zero attached hydrogens (tertiary/aromatic N) is 1. The zero-order chi connectivity index (χ0) is 13.7. The molecule has 0 fully saturated rings. The fourth-order valence-electron chi connectivity index (χ4n) is 1.95. The first-order chi connectivity index (χ1) is 8.51. The highest BCUT2D eigenvalue weighted by Crippen LogP contribution is 2.19. The molecule has 4 nitrogen and oxygen atoms in total. The molecule has 1 aromatic rings. The topological polar surface area (TPSA) is 58.4 Å². The molecule has 0 unspecified atom stereocenters. The Labute approximate surface area is 109 Å². The Bertz CT molecular complexity index is 416. The third kappa shape index (κ3) is 3.23. The molecule has 4 heteroatoms. The molecule has 0 aliphatic carbocycles. The Kier molecular flexibility index (Phi) is 5.16. The van der Waals surface area contributed by atoms with Gasteiger partial charge < -0.3 is 10.3 Å². The summed E-state index contributed by atoms with van der Waals surface area (Å²) in [7, 11) is 0. The largest absolute Gasteiger partial charge is 0.336 e. The summed E-state index contributed by atoms with van der Waals surface area (Å²) in [6.45, 7) is 8.85. The number of amides is 1. The van der Waals surface area contributed by atoms with Gasteiger partial charge in [-0.2, -0.15) is 0 Å². The fraction of sp³-hybridized carbons (Fsp3) is 0.500. The van der Waals surface area contributed by atoms with Crippen LogP contribution in [0.5, 0.6) is 0 Å². The summed E-state index contributed by atoms with van der Waals surface area (Å²) in [5.74, 6) is 5.51. The number of anilines is 1. The predicted octanol–water partition coefficient (Wildman–Crippen LogP) is 2.54. The van der Waals surface area contributed by atoms with Crippen molar-refractivity contribution in [3.63, 3.8) is 0 Å². The standard InChI is InChI=1S/C14H23N3O/c1-5-8-17(10(2)3)14(18)12-7-6-11(4)9-13(12)16-15/h6-7,9-10,16H,5,8,15H2,1-4H3. The Morgan fingerprint density at radius 1 is 1.44 bits per heavy atom. The van der Waals surface area contributed by atoms with Gasteiger partial charge in [0.05, 0.1) is 11.3 Å². The average Bonchev–Trinajstić information content (AvgIpc) is 2.34. The SMILES string of the molecule is CCCN(C(=O)c1ccc(C)cc1NN)C(C)C. The number of hydrogen-bond acceptors (Lipinski definition) is 3. The van der Waals surface area contributed by atoms with Crippen molar-refractivity contribution in [1.29, 1.82) is 0 Å². The molecule has 0 radical (unpaired) electrons. The van der Waals surface area contributed by atoms with Crippen molar-refractivity contribution >= 4 is 11.6 Å². The van der Waals surface area contributed by atoms with Crippen LogP contribution in [0, 0.1) is 6.92 Å². The number of hydrogen-bond donors (Lipinski definition) is 2. The van der Waals surface area contributed by atoms with Crippen LogP contribution in [0.25, 0.3) is 0 Å². The second-order valence-corrected chi connectivity index (χ2v) is 4.79. The molecule has 0 heterocycles. The van der Waals surface area contributed by atoms with Gasteiger partial charge in [-0.3, -0.25) is 10.6 Å². The number of hydrazine groups is 1. The molecule has 1 aromatic carbocycles. The smallest absolute Gasteiger partial charge is 0.256 e. The van der Waals surface area contributed by atoms with E-state index in [9.17, 15) is 4.79 Å². The molecule has 1 rings (SSSR count). The molecule has 1 amide bonds. The first-order valence-corrected chi connectivity index (χ1v) is 6.39. The number of rotatable bonds is 5. The molecule has 0 atom stereocenters. The van der Waals surface area contributed by atoms with E-state index in [2.05, 4.69) is 12.3 Å². The summed E-state index contributed by atoms with van der Waals surface area (Å²) in [5.41, 5.74) is 4.99. The fourth-order valence-corrected chi connectivity index (χ4v) is 1.95. The Morgan fingerprint density at radius 2 is 2.11 bits per heavy atom. The summed E-state index contributed by atoms with van der Waals surface area (Å²) < 4.78 is 0.